The maximum Gasteiger partial charge on any atom is 0.236 e. The molecule has 0 aliphatic carbocycles. The van der Waals surface area contributed by atoms with Crippen molar-refractivity contribution >= 4 is 46.2 Å². The molecule has 0 spiro atoms. The molecular formula is C27H26ClN3O4S. The number of hydrogen-bond donors (Lipinski definition) is 2. The number of nitrogens with zero attached hydrogens (tertiary/aromatic N) is 1. The fourth-order valence-electron chi connectivity index (χ4n) is 4.91. The molecule has 3 aromatic rings. The van der Waals surface area contributed by atoms with Gasteiger partial charge in [-0.05, 0) is 80.7 Å². The summed E-state index contributed by atoms with van der Waals surface area (Å²) >= 11 is 12.0. The number of carbonyl (C=O) groups excluding carboxylic acids is 1. The Morgan fingerprint density at radius 1 is 1.17 bits per heavy atom. The molecule has 2 aliphatic rings. The number of amides is 1. The van der Waals surface area contributed by atoms with Crippen LogP contribution in [0, 0.1) is 5.92 Å². The van der Waals surface area contributed by atoms with Crippen molar-refractivity contribution < 1.29 is 19.0 Å². The van der Waals surface area contributed by atoms with Gasteiger partial charge in [0.1, 0.15) is 11.7 Å². The third-order valence-corrected chi connectivity index (χ3v) is 7.07. The summed E-state index contributed by atoms with van der Waals surface area (Å²) in [4.78, 5) is 15.7. The Morgan fingerprint density at radius 3 is 2.56 bits per heavy atom. The van der Waals surface area contributed by atoms with Crippen molar-refractivity contribution in [3.05, 3.63) is 77.3 Å². The lowest BCUT2D eigenvalue weighted by molar-refractivity contribution is -0.130. The molecule has 1 amide bonds. The third-order valence-electron chi connectivity index (χ3n) is 6.51. The predicted molar refractivity (Wildman–Crippen MR) is 144 cm³/mol. The Hall–Kier alpha value is -3.49. The molecule has 0 saturated carbocycles. The highest BCUT2D eigenvalue weighted by molar-refractivity contribution is 7.80. The standard InChI is InChI=1S/C27H26ClN3O4S/c1-4-34-21-7-5-6-20-23-22(25(32)29-17-10-14-19(33-3)15-11-17)27(2,35-24(20)21)31(26(36)30-23)18-12-8-16(28)9-13-18/h5-15,22-23H,4H2,1-3H3,(H,29,32)(H,30,36)/t22-,23-,27-/m0/s1. The molecule has 36 heavy (non-hydrogen) atoms. The van der Waals surface area contributed by atoms with Gasteiger partial charge in [-0.15, -0.1) is 0 Å². The van der Waals surface area contributed by atoms with Crippen LogP contribution in [0.2, 0.25) is 5.02 Å². The number of ether oxygens (including phenoxy) is 3. The van der Waals surface area contributed by atoms with E-state index in [9.17, 15) is 4.79 Å². The molecule has 2 bridgehead atoms. The summed E-state index contributed by atoms with van der Waals surface area (Å²) in [6, 6.07) is 19.7. The van der Waals surface area contributed by atoms with Gasteiger partial charge in [-0.3, -0.25) is 9.69 Å². The van der Waals surface area contributed by atoms with Gasteiger partial charge in [0, 0.05) is 22.0 Å². The van der Waals surface area contributed by atoms with Gasteiger partial charge in [0.05, 0.1) is 19.8 Å². The summed E-state index contributed by atoms with van der Waals surface area (Å²) in [7, 11) is 1.60. The number of methoxy groups -OCH3 is 1. The summed E-state index contributed by atoms with van der Waals surface area (Å²) in [6.07, 6.45) is 0. The zero-order chi connectivity index (χ0) is 25.4. The van der Waals surface area contributed by atoms with Crippen LogP contribution in [-0.4, -0.2) is 30.5 Å². The van der Waals surface area contributed by atoms with Crippen LogP contribution in [0.3, 0.4) is 0 Å². The molecule has 0 unspecified atom stereocenters. The number of fused-ring (bicyclic) bond motifs is 4. The number of nitrogens with one attached hydrogen (secondary N) is 2. The molecule has 0 aromatic heterocycles. The minimum atomic E-state index is -1.17. The van der Waals surface area contributed by atoms with E-state index >= 15 is 0 Å². The van der Waals surface area contributed by atoms with Crippen LogP contribution in [0.5, 0.6) is 17.2 Å². The molecular weight excluding hydrogens is 498 g/mol. The zero-order valence-electron chi connectivity index (χ0n) is 20.1. The van der Waals surface area contributed by atoms with Gasteiger partial charge in [0.25, 0.3) is 0 Å². The van der Waals surface area contributed by atoms with Crippen molar-refractivity contribution in [3.63, 3.8) is 0 Å². The average Bonchev–Trinajstić information content (AvgIpc) is 2.86. The molecule has 2 aliphatic heterocycles. The Bertz CT molecular complexity index is 1300. The molecule has 186 valence electrons. The molecule has 0 radical (unpaired) electrons. The summed E-state index contributed by atoms with van der Waals surface area (Å²) in [5.74, 6) is 1.02. The van der Waals surface area contributed by atoms with E-state index in [-0.39, 0.29) is 5.91 Å². The molecule has 5 rings (SSSR count). The van der Waals surface area contributed by atoms with Gasteiger partial charge in [0.15, 0.2) is 22.3 Å². The van der Waals surface area contributed by atoms with Gasteiger partial charge >= 0.3 is 0 Å². The lowest BCUT2D eigenvalue weighted by Crippen LogP contribution is -2.72. The summed E-state index contributed by atoms with van der Waals surface area (Å²) in [6.45, 7) is 4.28. The van der Waals surface area contributed by atoms with Crippen molar-refractivity contribution in [2.75, 3.05) is 23.9 Å². The minimum Gasteiger partial charge on any atom is -0.497 e. The maximum atomic E-state index is 13.9. The molecule has 9 heteroatoms. The Morgan fingerprint density at radius 2 is 1.89 bits per heavy atom. The van der Waals surface area contributed by atoms with E-state index in [1.54, 1.807) is 43.5 Å². The number of benzene rings is 3. The first kappa shape index (κ1) is 24.2. The van der Waals surface area contributed by atoms with Gasteiger partial charge < -0.3 is 24.8 Å². The first-order valence-electron chi connectivity index (χ1n) is 11.6. The lowest BCUT2D eigenvalue weighted by atomic mass is 9.78. The smallest absolute Gasteiger partial charge is 0.236 e. The summed E-state index contributed by atoms with van der Waals surface area (Å²) in [5.41, 5.74) is 1.04. The molecule has 1 saturated heterocycles. The lowest BCUT2D eigenvalue weighted by Gasteiger charge is -2.56. The predicted octanol–water partition coefficient (Wildman–Crippen LogP) is 5.55. The fraction of sp³-hybridized carbons (Fsp3) is 0.259. The third kappa shape index (κ3) is 4.10. The number of anilines is 2. The van der Waals surface area contributed by atoms with E-state index in [4.69, 9.17) is 38.0 Å². The second-order valence-electron chi connectivity index (χ2n) is 8.70. The number of hydrogen-bond acceptors (Lipinski definition) is 5. The van der Waals surface area contributed by atoms with Crippen molar-refractivity contribution in [1.82, 2.24) is 5.32 Å². The van der Waals surface area contributed by atoms with E-state index in [2.05, 4.69) is 10.6 Å². The summed E-state index contributed by atoms with van der Waals surface area (Å²) in [5, 5.41) is 7.50. The van der Waals surface area contributed by atoms with Crippen molar-refractivity contribution in [2.24, 2.45) is 5.92 Å². The van der Waals surface area contributed by atoms with Crippen molar-refractivity contribution in [2.45, 2.75) is 25.6 Å². The molecule has 3 aromatic carbocycles. The maximum absolute atomic E-state index is 13.9. The highest BCUT2D eigenvalue weighted by Crippen LogP contribution is 2.52. The van der Waals surface area contributed by atoms with Crippen LogP contribution in [0.1, 0.15) is 25.5 Å². The molecule has 3 atom stereocenters. The van der Waals surface area contributed by atoms with E-state index in [1.165, 1.54) is 0 Å². The fourth-order valence-corrected chi connectivity index (χ4v) is 5.45. The Kier molecular flexibility index (Phi) is 6.40. The van der Waals surface area contributed by atoms with E-state index in [0.29, 0.717) is 39.7 Å². The second-order valence-corrected chi connectivity index (χ2v) is 9.52. The number of para-hydroxylation sites is 1. The van der Waals surface area contributed by atoms with Crippen molar-refractivity contribution in [3.8, 4) is 17.2 Å². The normalized spacial score (nSPS) is 22.1. The van der Waals surface area contributed by atoms with Crippen LogP contribution in [0.15, 0.2) is 66.7 Å². The first-order chi connectivity index (χ1) is 17.4. The quantitative estimate of drug-likeness (QED) is 0.411. The summed E-state index contributed by atoms with van der Waals surface area (Å²) < 4.78 is 17.8. The molecule has 2 heterocycles. The topological polar surface area (TPSA) is 72.1 Å². The monoisotopic (exact) mass is 523 g/mol. The zero-order valence-corrected chi connectivity index (χ0v) is 21.7. The van der Waals surface area contributed by atoms with Gasteiger partial charge in [-0.25, -0.2) is 0 Å². The number of thiocarbonyl (C=S) groups is 1. The second kappa shape index (κ2) is 9.52. The van der Waals surface area contributed by atoms with E-state index < -0.39 is 17.7 Å². The van der Waals surface area contributed by atoms with Gasteiger partial charge in [-0.1, -0.05) is 23.7 Å². The van der Waals surface area contributed by atoms with Crippen LogP contribution in [0.25, 0.3) is 0 Å². The highest BCUT2D eigenvalue weighted by atomic mass is 35.5. The Labute approximate surface area is 220 Å². The van der Waals surface area contributed by atoms with Crippen LogP contribution in [0.4, 0.5) is 11.4 Å². The van der Waals surface area contributed by atoms with Crippen LogP contribution >= 0.6 is 23.8 Å². The number of halogens is 1. The van der Waals surface area contributed by atoms with E-state index in [1.807, 2.05) is 49.1 Å². The van der Waals surface area contributed by atoms with Gasteiger partial charge in [0.2, 0.25) is 5.91 Å². The largest absolute Gasteiger partial charge is 0.497 e. The first-order valence-corrected chi connectivity index (χ1v) is 12.4. The van der Waals surface area contributed by atoms with Gasteiger partial charge in [-0.2, -0.15) is 0 Å². The molecule has 1 fully saturated rings. The number of rotatable bonds is 6. The molecule has 2 N–H and O–H groups in total. The number of carbonyl (C=O) groups is 1. The minimum absolute atomic E-state index is 0.214. The Balaban J connectivity index is 1.61. The molecule has 7 nitrogen and oxygen atoms in total. The highest BCUT2D eigenvalue weighted by Gasteiger charge is 2.59. The SMILES string of the molecule is CCOc1cccc2c1O[C@@]1(C)[C@H](C(=O)Nc3ccc(OC)cc3)[C@H]2NC(=S)N1c1ccc(Cl)cc1. The van der Waals surface area contributed by atoms with Crippen molar-refractivity contribution in [1.29, 1.82) is 0 Å². The van der Waals surface area contributed by atoms with Crippen LogP contribution in [-0.2, 0) is 4.79 Å². The van der Waals surface area contributed by atoms with Crippen LogP contribution < -0.4 is 29.7 Å². The van der Waals surface area contributed by atoms with E-state index in [0.717, 1.165) is 11.3 Å². The average molecular weight is 524 g/mol.